The Kier molecular flexibility index (Phi) is 6.00. The number of amides is 2. The molecule has 8 heteroatoms. The normalized spacial score (nSPS) is 15.2. The molecule has 2 amide bonds. The zero-order valence-corrected chi connectivity index (χ0v) is 17.0. The van der Waals surface area contributed by atoms with E-state index >= 15 is 0 Å². The first kappa shape index (κ1) is 20.3. The lowest BCUT2D eigenvalue weighted by Gasteiger charge is -2.26. The van der Waals surface area contributed by atoms with Crippen molar-refractivity contribution in [1.29, 1.82) is 0 Å². The van der Waals surface area contributed by atoms with E-state index < -0.39 is 30.4 Å². The zero-order chi connectivity index (χ0) is 20.4. The van der Waals surface area contributed by atoms with Gasteiger partial charge in [0.15, 0.2) is 0 Å². The molecule has 0 saturated heterocycles. The van der Waals surface area contributed by atoms with Crippen LogP contribution in [0.25, 0.3) is 0 Å². The van der Waals surface area contributed by atoms with Crippen LogP contribution in [-0.4, -0.2) is 41.6 Å². The van der Waals surface area contributed by atoms with Crippen LogP contribution in [0.2, 0.25) is 0 Å². The van der Waals surface area contributed by atoms with Gasteiger partial charge < -0.3 is 20.1 Å². The maximum absolute atomic E-state index is 13.8. The Morgan fingerprint density at radius 2 is 2.11 bits per heavy atom. The topological polar surface area (TPSA) is 78.9 Å². The predicted molar refractivity (Wildman–Crippen MR) is 104 cm³/mol. The fourth-order valence-electron chi connectivity index (χ4n) is 3.18. The van der Waals surface area contributed by atoms with Crippen molar-refractivity contribution in [1.82, 2.24) is 10.2 Å². The second-order valence-electron chi connectivity index (χ2n) is 6.58. The summed E-state index contributed by atoms with van der Waals surface area (Å²) >= 11 is 3.35. The summed E-state index contributed by atoms with van der Waals surface area (Å²) in [5.41, 5.74) is 1.78. The lowest BCUT2D eigenvalue weighted by Crippen LogP contribution is -2.46. The smallest absolute Gasteiger partial charge is 0.255 e. The van der Waals surface area contributed by atoms with Crippen LogP contribution in [0.1, 0.15) is 34.5 Å². The molecule has 0 saturated carbocycles. The van der Waals surface area contributed by atoms with Crippen molar-refractivity contribution in [2.75, 3.05) is 13.7 Å². The van der Waals surface area contributed by atoms with Crippen LogP contribution in [0.4, 0.5) is 4.39 Å². The average Bonchev–Trinajstić information content (AvgIpc) is 3.00. The molecule has 3 rings (SSSR count). The first-order valence-electron chi connectivity index (χ1n) is 8.69. The highest BCUT2D eigenvalue weighted by atomic mass is 79.9. The van der Waals surface area contributed by atoms with E-state index in [1.54, 1.807) is 19.1 Å². The summed E-state index contributed by atoms with van der Waals surface area (Å²) in [7, 11) is 1.40. The average molecular weight is 451 g/mol. The standard InChI is InChI=1S/C20H20BrFN2O4/c1-11(24-9-12-3-4-14(21)7-17(12)20(24)27)19(26)23-18(10-25)13-5-15(22)8-16(6-13)28-2/h3-8,11,18,25H,9-10H2,1-2H3,(H,23,26)/t11-,18?/m1/s1. The highest BCUT2D eigenvalue weighted by Gasteiger charge is 2.34. The van der Waals surface area contributed by atoms with Gasteiger partial charge in [-0.15, -0.1) is 0 Å². The minimum Gasteiger partial charge on any atom is -0.497 e. The van der Waals surface area contributed by atoms with E-state index in [-0.39, 0.29) is 11.7 Å². The predicted octanol–water partition coefficient (Wildman–Crippen LogP) is 2.79. The van der Waals surface area contributed by atoms with Crippen molar-refractivity contribution in [3.63, 3.8) is 0 Å². The summed E-state index contributed by atoms with van der Waals surface area (Å²) in [6, 6.07) is 7.82. The number of carbonyl (C=O) groups excluding carboxylic acids is 2. The van der Waals surface area contributed by atoms with Gasteiger partial charge in [-0.1, -0.05) is 22.0 Å². The molecule has 2 atom stereocenters. The first-order valence-corrected chi connectivity index (χ1v) is 9.48. The van der Waals surface area contributed by atoms with E-state index in [1.807, 2.05) is 12.1 Å². The van der Waals surface area contributed by atoms with Gasteiger partial charge in [-0.05, 0) is 42.3 Å². The third-order valence-electron chi connectivity index (χ3n) is 4.78. The maximum atomic E-state index is 13.8. The Balaban J connectivity index is 1.75. The van der Waals surface area contributed by atoms with Crippen LogP contribution in [0, 0.1) is 5.82 Å². The van der Waals surface area contributed by atoms with E-state index in [4.69, 9.17) is 4.74 Å². The van der Waals surface area contributed by atoms with Gasteiger partial charge in [0.1, 0.15) is 17.6 Å². The van der Waals surface area contributed by atoms with Gasteiger partial charge in [0.2, 0.25) is 5.91 Å². The number of fused-ring (bicyclic) bond motifs is 1. The SMILES string of the molecule is COc1cc(F)cc(C(CO)NC(=O)[C@@H](C)N2Cc3ccc(Br)cc3C2=O)c1. The highest BCUT2D eigenvalue weighted by Crippen LogP contribution is 2.28. The molecule has 0 bridgehead atoms. The Hall–Kier alpha value is -2.45. The van der Waals surface area contributed by atoms with Gasteiger partial charge in [-0.25, -0.2) is 4.39 Å². The minimum absolute atomic E-state index is 0.230. The molecule has 1 heterocycles. The third kappa shape index (κ3) is 4.02. The number of methoxy groups -OCH3 is 1. The Labute approximate surface area is 170 Å². The number of benzene rings is 2. The number of ether oxygens (including phenoxy) is 1. The number of nitrogens with one attached hydrogen (secondary N) is 1. The lowest BCUT2D eigenvalue weighted by atomic mass is 10.1. The molecule has 1 aliphatic rings. The summed E-state index contributed by atoms with van der Waals surface area (Å²) in [6.07, 6.45) is 0. The molecular formula is C20H20BrFN2O4. The number of hydrogen-bond donors (Lipinski definition) is 2. The fourth-order valence-corrected chi connectivity index (χ4v) is 3.54. The lowest BCUT2D eigenvalue weighted by molar-refractivity contribution is -0.126. The van der Waals surface area contributed by atoms with Crippen LogP contribution in [0.15, 0.2) is 40.9 Å². The van der Waals surface area contributed by atoms with Gasteiger partial charge in [-0.2, -0.15) is 0 Å². The number of rotatable bonds is 6. The second-order valence-corrected chi connectivity index (χ2v) is 7.49. The molecule has 6 nitrogen and oxygen atoms in total. The molecule has 148 valence electrons. The summed E-state index contributed by atoms with van der Waals surface area (Å²) in [5.74, 6) is -0.924. The Morgan fingerprint density at radius 1 is 1.36 bits per heavy atom. The summed E-state index contributed by atoms with van der Waals surface area (Å²) in [5, 5.41) is 12.4. The monoisotopic (exact) mass is 450 g/mol. The molecular weight excluding hydrogens is 431 g/mol. The molecule has 2 aromatic rings. The number of aliphatic hydroxyl groups excluding tert-OH is 1. The summed E-state index contributed by atoms with van der Waals surface area (Å²) in [6.45, 7) is 1.52. The van der Waals surface area contributed by atoms with E-state index in [1.165, 1.54) is 24.1 Å². The third-order valence-corrected chi connectivity index (χ3v) is 5.27. The number of aliphatic hydroxyl groups is 1. The van der Waals surface area contributed by atoms with Crippen LogP contribution >= 0.6 is 15.9 Å². The van der Waals surface area contributed by atoms with E-state index in [0.717, 1.165) is 10.0 Å². The molecule has 0 spiro atoms. The van der Waals surface area contributed by atoms with Crippen LogP contribution in [0.5, 0.6) is 5.75 Å². The maximum Gasteiger partial charge on any atom is 0.255 e. The number of hydrogen-bond acceptors (Lipinski definition) is 4. The van der Waals surface area contributed by atoms with E-state index in [9.17, 15) is 19.1 Å². The van der Waals surface area contributed by atoms with Crippen molar-refractivity contribution >= 4 is 27.7 Å². The number of nitrogens with zero attached hydrogens (tertiary/aromatic N) is 1. The van der Waals surface area contributed by atoms with Crippen molar-refractivity contribution in [2.45, 2.75) is 25.6 Å². The van der Waals surface area contributed by atoms with Crippen LogP contribution in [0.3, 0.4) is 0 Å². The molecule has 28 heavy (non-hydrogen) atoms. The second kappa shape index (κ2) is 8.28. The molecule has 1 aliphatic heterocycles. The molecule has 0 aromatic heterocycles. The van der Waals surface area contributed by atoms with E-state index in [2.05, 4.69) is 21.2 Å². The van der Waals surface area contributed by atoms with Crippen molar-refractivity contribution < 1.29 is 23.8 Å². The number of halogens is 2. The fraction of sp³-hybridized carbons (Fsp3) is 0.300. The van der Waals surface area contributed by atoms with Crippen molar-refractivity contribution in [2.24, 2.45) is 0 Å². The van der Waals surface area contributed by atoms with Gasteiger partial charge in [0.05, 0.1) is 19.8 Å². The molecule has 2 N–H and O–H groups in total. The van der Waals surface area contributed by atoms with Gasteiger partial charge >= 0.3 is 0 Å². The van der Waals surface area contributed by atoms with Gasteiger partial charge in [0.25, 0.3) is 5.91 Å². The summed E-state index contributed by atoms with van der Waals surface area (Å²) in [4.78, 5) is 26.8. The Morgan fingerprint density at radius 3 is 2.79 bits per heavy atom. The van der Waals surface area contributed by atoms with Gasteiger partial charge in [-0.3, -0.25) is 9.59 Å². The van der Waals surface area contributed by atoms with Gasteiger partial charge in [0, 0.05) is 22.6 Å². The van der Waals surface area contributed by atoms with E-state index in [0.29, 0.717) is 17.7 Å². The highest BCUT2D eigenvalue weighted by molar-refractivity contribution is 9.10. The quantitative estimate of drug-likeness (QED) is 0.708. The molecule has 1 unspecified atom stereocenters. The van der Waals surface area contributed by atoms with Crippen LogP contribution in [-0.2, 0) is 11.3 Å². The minimum atomic E-state index is -0.825. The van der Waals surface area contributed by atoms with Crippen molar-refractivity contribution in [3.8, 4) is 5.75 Å². The number of carbonyl (C=O) groups is 2. The molecule has 0 aliphatic carbocycles. The molecule has 0 radical (unpaired) electrons. The Bertz CT molecular complexity index is 921. The largest absolute Gasteiger partial charge is 0.497 e. The van der Waals surface area contributed by atoms with Crippen LogP contribution < -0.4 is 10.1 Å². The first-order chi connectivity index (χ1) is 13.3. The zero-order valence-electron chi connectivity index (χ0n) is 15.4. The molecule has 0 fully saturated rings. The van der Waals surface area contributed by atoms with Crippen molar-refractivity contribution in [3.05, 3.63) is 63.4 Å². The summed E-state index contributed by atoms with van der Waals surface area (Å²) < 4.78 is 19.6. The molecule has 2 aromatic carbocycles.